The molecule has 2 aromatic heterocycles. The number of hydrogen-bond donors (Lipinski definition) is 2. The Morgan fingerprint density at radius 2 is 1.41 bits per heavy atom. The van der Waals surface area contributed by atoms with Crippen molar-refractivity contribution in [1.82, 2.24) is 19.1 Å². The van der Waals surface area contributed by atoms with Crippen LogP contribution in [0, 0.1) is 0 Å². The SMILES string of the molecule is O=c1[nH]c2cc(Br)c(Br)c3c2n1CCC3.O=c1[nH]c2cc(Br)cc3c2n1CCC3. The van der Waals surface area contributed by atoms with Crippen LogP contribution in [0.25, 0.3) is 22.1 Å². The molecular weight excluding hydrogens is 568 g/mol. The van der Waals surface area contributed by atoms with Crippen molar-refractivity contribution in [2.45, 2.75) is 38.8 Å². The van der Waals surface area contributed by atoms with E-state index in [0.29, 0.717) is 0 Å². The first kappa shape index (κ1) is 19.4. The molecule has 9 heteroatoms. The fraction of sp³-hybridized carbons (Fsp3) is 0.300. The van der Waals surface area contributed by atoms with Gasteiger partial charge >= 0.3 is 11.4 Å². The zero-order valence-corrected chi connectivity index (χ0v) is 20.1. The Morgan fingerprint density at radius 1 is 0.793 bits per heavy atom. The molecule has 2 aliphatic heterocycles. The lowest BCUT2D eigenvalue weighted by molar-refractivity contribution is 0.614. The van der Waals surface area contributed by atoms with Crippen LogP contribution in [0.5, 0.6) is 0 Å². The van der Waals surface area contributed by atoms with Crippen LogP contribution in [0.3, 0.4) is 0 Å². The monoisotopic (exact) mass is 582 g/mol. The molecule has 0 saturated heterocycles. The van der Waals surface area contributed by atoms with Gasteiger partial charge in [0.15, 0.2) is 0 Å². The summed E-state index contributed by atoms with van der Waals surface area (Å²) in [6.45, 7) is 1.66. The first-order valence-electron chi connectivity index (χ1n) is 9.44. The number of nitrogens with one attached hydrogen (secondary N) is 2. The number of halogens is 3. The first-order valence-corrected chi connectivity index (χ1v) is 11.8. The van der Waals surface area contributed by atoms with Gasteiger partial charge in [-0.3, -0.25) is 9.13 Å². The third-order valence-corrected chi connectivity index (χ3v) is 8.11. The summed E-state index contributed by atoms with van der Waals surface area (Å²) in [5, 5.41) is 0. The summed E-state index contributed by atoms with van der Waals surface area (Å²) in [7, 11) is 0. The van der Waals surface area contributed by atoms with Crippen LogP contribution in [0.4, 0.5) is 0 Å². The van der Waals surface area contributed by atoms with Crippen molar-refractivity contribution < 1.29 is 0 Å². The molecule has 0 unspecified atom stereocenters. The van der Waals surface area contributed by atoms with Crippen LogP contribution in [0.15, 0.2) is 41.2 Å². The maximum absolute atomic E-state index is 11.7. The molecule has 150 valence electrons. The van der Waals surface area contributed by atoms with Gasteiger partial charge in [0.25, 0.3) is 0 Å². The number of imidazole rings is 2. The molecule has 0 bridgehead atoms. The van der Waals surface area contributed by atoms with E-state index < -0.39 is 0 Å². The maximum atomic E-state index is 11.7. The number of nitrogens with zero attached hydrogens (tertiary/aromatic N) is 2. The van der Waals surface area contributed by atoms with E-state index in [1.165, 1.54) is 11.1 Å². The quantitative estimate of drug-likeness (QED) is 0.310. The Morgan fingerprint density at radius 3 is 2.14 bits per heavy atom. The topological polar surface area (TPSA) is 75.6 Å². The van der Waals surface area contributed by atoms with E-state index in [1.807, 2.05) is 21.3 Å². The lowest BCUT2D eigenvalue weighted by atomic mass is 10.0. The molecule has 2 aromatic carbocycles. The van der Waals surface area contributed by atoms with Crippen LogP contribution in [-0.2, 0) is 25.9 Å². The minimum atomic E-state index is -0.00375. The third kappa shape index (κ3) is 3.18. The predicted octanol–water partition coefficient (Wildman–Crippen LogP) is 4.84. The smallest absolute Gasteiger partial charge is 0.305 e. The maximum Gasteiger partial charge on any atom is 0.326 e. The van der Waals surface area contributed by atoms with Gasteiger partial charge in [0.1, 0.15) is 0 Å². The fourth-order valence-corrected chi connectivity index (χ4v) is 5.87. The van der Waals surface area contributed by atoms with Crippen molar-refractivity contribution in [2.75, 3.05) is 0 Å². The number of H-pyrrole nitrogens is 2. The molecule has 29 heavy (non-hydrogen) atoms. The van der Waals surface area contributed by atoms with Crippen molar-refractivity contribution in [1.29, 1.82) is 0 Å². The van der Waals surface area contributed by atoms with Crippen LogP contribution >= 0.6 is 47.8 Å². The minimum Gasteiger partial charge on any atom is -0.305 e. The zero-order chi connectivity index (χ0) is 20.3. The van der Waals surface area contributed by atoms with E-state index >= 15 is 0 Å². The number of aromatic nitrogens is 4. The number of hydrogen-bond acceptors (Lipinski definition) is 2. The van der Waals surface area contributed by atoms with E-state index in [0.717, 1.165) is 74.3 Å². The van der Waals surface area contributed by atoms with E-state index in [4.69, 9.17) is 0 Å². The second-order valence-electron chi connectivity index (χ2n) is 7.38. The standard InChI is InChI=1S/C10H8Br2N2O.C10H9BrN2O/c11-6-4-7-9-5(8(6)12)2-1-3-14(9)10(15)13-7;11-7-4-6-2-1-3-13-9(6)8(5-7)12-10(13)14/h4H,1-3H2,(H,13,15);4-5H,1-3H2,(H,12,14). The van der Waals surface area contributed by atoms with Gasteiger partial charge in [0.2, 0.25) is 0 Å². The number of aromatic amines is 2. The second kappa shape index (κ2) is 7.28. The van der Waals surface area contributed by atoms with E-state index in [1.54, 1.807) is 0 Å². The molecule has 0 saturated carbocycles. The summed E-state index contributed by atoms with van der Waals surface area (Å²) < 4.78 is 6.77. The molecule has 4 heterocycles. The molecular formula is C20H17Br3N4O2. The zero-order valence-electron chi connectivity index (χ0n) is 15.3. The van der Waals surface area contributed by atoms with E-state index in [9.17, 15) is 9.59 Å². The number of benzene rings is 2. The molecule has 0 fully saturated rings. The predicted molar refractivity (Wildman–Crippen MR) is 125 cm³/mol. The molecule has 4 aromatic rings. The van der Waals surface area contributed by atoms with Crippen molar-refractivity contribution in [2.24, 2.45) is 0 Å². The van der Waals surface area contributed by atoms with Crippen LogP contribution in [-0.4, -0.2) is 19.1 Å². The highest BCUT2D eigenvalue weighted by molar-refractivity contribution is 9.13. The molecule has 0 spiro atoms. The van der Waals surface area contributed by atoms with Crippen molar-refractivity contribution in [3.05, 3.63) is 63.7 Å². The van der Waals surface area contributed by atoms with Crippen LogP contribution in [0.2, 0.25) is 0 Å². The average Bonchev–Trinajstić information content (AvgIpc) is 3.19. The van der Waals surface area contributed by atoms with E-state index in [2.05, 4.69) is 63.8 Å². The van der Waals surface area contributed by atoms with Gasteiger partial charge in [0, 0.05) is 26.5 Å². The lowest BCUT2D eigenvalue weighted by Crippen LogP contribution is -2.20. The normalized spacial score (nSPS) is 14.9. The van der Waals surface area contributed by atoms with Gasteiger partial charge in [-0.05, 0) is 86.9 Å². The van der Waals surface area contributed by atoms with Gasteiger partial charge in [-0.2, -0.15) is 0 Å². The van der Waals surface area contributed by atoms with E-state index in [-0.39, 0.29) is 11.4 Å². The highest BCUT2D eigenvalue weighted by atomic mass is 79.9. The summed E-state index contributed by atoms with van der Waals surface area (Å²) in [6, 6.07) is 6.01. The van der Waals surface area contributed by atoms with Gasteiger partial charge in [0.05, 0.1) is 22.1 Å². The Hall–Kier alpha value is -1.58. The summed E-state index contributed by atoms with van der Waals surface area (Å²) in [5.41, 5.74) is 6.51. The summed E-state index contributed by atoms with van der Waals surface area (Å²) in [5.74, 6) is 0. The third-order valence-electron chi connectivity index (χ3n) is 5.59. The van der Waals surface area contributed by atoms with Gasteiger partial charge < -0.3 is 9.97 Å². The van der Waals surface area contributed by atoms with Gasteiger partial charge in [-0.15, -0.1) is 0 Å². The van der Waals surface area contributed by atoms with Crippen molar-refractivity contribution >= 4 is 69.9 Å². The summed E-state index contributed by atoms with van der Waals surface area (Å²) >= 11 is 10.5. The molecule has 0 atom stereocenters. The lowest BCUT2D eigenvalue weighted by Gasteiger charge is -2.16. The van der Waals surface area contributed by atoms with Crippen LogP contribution in [0.1, 0.15) is 24.0 Å². The molecule has 0 amide bonds. The Kier molecular flexibility index (Phi) is 4.87. The summed E-state index contributed by atoms with van der Waals surface area (Å²) in [4.78, 5) is 29.0. The summed E-state index contributed by atoms with van der Waals surface area (Å²) in [6.07, 6.45) is 4.16. The van der Waals surface area contributed by atoms with Gasteiger partial charge in [-0.1, -0.05) is 15.9 Å². The van der Waals surface area contributed by atoms with Crippen LogP contribution < -0.4 is 11.4 Å². The Bertz CT molecular complexity index is 1390. The Labute approximate surface area is 190 Å². The Balaban J connectivity index is 0.000000125. The number of aryl methyl sites for hydroxylation is 4. The average molecular weight is 585 g/mol. The highest BCUT2D eigenvalue weighted by Gasteiger charge is 2.19. The molecule has 2 N–H and O–H groups in total. The molecule has 2 aliphatic rings. The minimum absolute atomic E-state index is 0.00375. The molecule has 0 aliphatic carbocycles. The molecule has 6 nitrogen and oxygen atoms in total. The molecule has 6 rings (SSSR count). The van der Waals surface area contributed by atoms with Crippen molar-refractivity contribution in [3.63, 3.8) is 0 Å². The van der Waals surface area contributed by atoms with Gasteiger partial charge in [-0.25, -0.2) is 9.59 Å². The first-order chi connectivity index (χ1) is 13.9. The second-order valence-corrected chi connectivity index (χ2v) is 9.94. The fourth-order valence-electron chi connectivity index (χ4n) is 4.40. The largest absolute Gasteiger partial charge is 0.326 e. The van der Waals surface area contributed by atoms with Crippen molar-refractivity contribution in [3.8, 4) is 0 Å². The molecule has 0 radical (unpaired) electrons. The number of rotatable bonds is 0. The highest BCUT2D eigenvalue weighted by Crippen LogP contribution is 2.35.